The van der Waals surface area contributed by atoms with Gasteiger partial charge in [0, 0.05) is 37.0 Å². The first-order valence-electron chi connectivity index (χ1n) is 11.9. The SMILES string of the molecule is COc1ccc(CC(=O)NCc2ccccc2-c2ccccc2C(=O)NCCc2ccccn2)cc1. The van der Waals surface area contributed by atoms with Crippen molar-refractivity contribution in [2.75, 3.05) is 13.7 Å². The minimum Gasteiger partial charge on any atom is -0.497 e. The summed E-state index contributed by atoms with van der Waals surface area (Å²) in [7, 11) is 1.61. The molecule has 1 heterocycles. The van der Waals surface area contributed by atoms with E-state index in [1.165, 1.54) is 0 Å². The minimum atomic E-state index is -0.139. The monoisotopic (exact) mass is 479 g/mol. The highest BCUT2D eigenvalue weighted by Crippen LogP contribution is 2.27. The number of ether oxygens (including phenoxy) is 1. The summed E-state index contributed by atoms with van der Waals surface area (Å²) in [5.41, 5.74) is 5.12. The summed E-state index contributed by atoms with van der Waals surface area (Å²) in [4.78, 5) is 29.9. The molecule has 0 saturated carbocycles. The maximum atomic E-state index is 13.0. The lowest BCUT2D eigenvalue weighted by atomic mass is 9.95. The van der Waals surface area contributed by atoms with Crippen molar-refractivity contribution in [2.45, 2.75) is 19.4 Å². The van der Waals surface area contributed by atoms with Crippen LogP contribution in [-0.4, -0.2) is 30.5 Å². The van der Waals surface area contributed by atoms with Gasteiger partial charge in [0.15, 0.2) is 0 Å². The van der Waals surface area contributed by atoms with Crippen LogP contribution in [0.2, 0.25) is 0 Å². The molecule has 6 heteroatoms. The third-order valence-electron chi connectivity index (χ3n) is 5.87. The van der Waals surface area contributed by atoms with E-state index in [9.17, 15) is 9.59 Å². The summed E-state index contributed by atoms with van der Waals surface area (Å²) in [6.45, 7) is 0.855. The Morgan fingerprint density at radius 2 is 1.53 bits per heavy atom. The van der Waals surface area contributed by atoms with Crippen molar-refractivity contribution in [3.8, 4) is 16.9 Å². The molecule has 0 radical (unpaired) electrons. The molecular weight excluding hydrogens is 450 g/mol. The lowest BCUT2D eigenvalue weighted by Crippen LogP contribution is -2.27. The van der Waals surface area contributed by atoms with Crippen LogP contribution < -0.4 is 15.4 Å². The predicted molar refractivity (Wildman–Crippen MR) is 141 cm³/mol. The molecule has 0 aliphatic heterocycles. The van der Waals surface area contributed by atoms with E-state index in [0.717, 1.165) is 33.7 Å². The van der Waals surface area contributed by atoms with E-state index < -0.39 is 0 Å². The van der Waals surface area contributed by atoms with Gasteiger partial charge in [0.05, 0.1) is 13.5 Å². The lowest BCUT2D eigenvalue weighted by Gasteiger charge is -2.15. The molecule has 0 bridgehead atoms. The molecule has 1 aromatic heterocycles. The molecule has 0 unspecified atom stereocenters. The van der Waals surface area contributed by atoms with E-state index in [1.54, 1.807) is 13.3 Å². The van der Waals surface area contributed by atoms with Gasteiger partial charge in [0.2, 0.25) is 5.91 Å². The van der Waals surface area contributed by atoms with E-state index in [1.807, 2.05) is 91.0 Å². The zero-order valence-electron chi connectivity index (χ0n) is 20.2. The van der Waals surface area contributed by atoms with Gasteiger partial charge in [-0.05, 0) is 52.6 Å². The van der Waals surface area contributed by atoms with Crippen molar-refractivity contribution < 1.29 is 14.3 Å². The largest absolute Gasteiger partial charge is 0.497 e. The normalized spacial score (nSPS) is 10.5. The molecule has 2 N–H and O–H groups in total. The van der Waals surface area contributed by atoms with Gasteiger partial charge in [-0.1, -0.05) is 60.7 Å². The van der Waals surface area contributed by atoms with Gasteiger partial charge in [-0.25, -0.2) is 0 Å². The maximum Gasteiger partial charge on any atom is 0.251 e. The van der Waals surface area contributed by atoms with Crippen molar-refractivity contribution in [3.05, 3.63) is 120 Å². The van der Waals surface area contributed by atoms with Crippen LogP contribution in [-0.2, 0) is 24.2 Å². The van der Waals surface area contributed by atoms with Crippen molar-refractivity contribution in [1.82, 2.24) is 15.6 Å². The Morgan fingerprint density at radius 3 is 2.28 bits per heavy atom. The van der Waals surface area contributed by atoms with Gasteiger partial charge in [-0.2, -0.15) is 0 Å². The fraction of sp³-hybridized carbons (Fsp3) is 0.167. The average molecular weight is 480 g/mol. The first-order valence-corrected chi connectivity index (χ1v) is 11.9. The number of carbonyl (C=O) groups is 2. The third-order valence-corrected chi connectivity index (χ3v) is 5.87. The summed E-state index contributed by atoms with van der Waals surface area (Å²) in [5, 5.41) is 6.01. The quantitative estimate of drug-likeness (QED) is 0.349. The van der Waals surface area contributed by atoms with E-state index in [-0.39, 0.29) is 18.2 Å². The van der Waals surface area contributed by atoms with Crippen molar-refractivity contribution in [3.63, 3.8) is 0 Å². The number of aromatic nitrogens is 1. The molecule has 182 valence electrons. The summed E-state index contributed by atoms with van der Waals surface area (Å²) < 4.78 is 5.17. The second-order valence-electron chi connectivity index (χ2n) is 8.33. The average Bonchev–Trinajstić information content (AvgIpc) is 2.93. The van der Waals surface area contributed by atoms with Gasteiger partial charge in [-0.15, -0.1) is 0 Å². The van der Waals surface area contributed by atoms with Crippen LogP contribution in [0.4, 0.5) is 0 Å². The zero-order chi connectivity index (χ0) is 25.2. The number of rotatable bonds is 10. The number of benzene rings is 3. The Hall–Kier alpha value is -4.45. The van der Waals surface area contributed by atoms with Gasteiger partial charge in [-0.3, -0.25) is 14.6 Å². The summed E-state index contributed by atoms with van der Waals surface area (Å²) in [6, 6.07) is 28.6. The molecule has 0 saturated heterocycles. The first kappa shape index (κ1) is 24.7. The number of carbonyl (C=O) groups excluding carboxylic acids is 2. The van der Waals surface area contributed by atoms with Crippen molar-refractivity contribution in [1.29, 1.82) is 0 Å². The van der Waals surface area contributed by atoms with Crippen LogP contribution in [0.25, 0.3) is 11.1 Å². The highest BCUT2D eigenvalue weighted by atomic mass is 16.5. The second kappa shape index (κ2) is 12.3. The molecule has 0 spiro atoms. The van der Waals surface area contributed by atoms with Crippen LogP contribution in [0.3, 0.4) is 0 Å². The van der Waals surface area contributed by atoms with Crippen molar-refractivity contribution in [2.24, 2.45) is 0 Å². The van der Waals surface area contributed by atoms with Crippen LogP contribution in [0.5, 0.6) is 5.75 Å². The molecule has 3 aromatic carbocycles. The number of hydrogen-bond donors (Lipinski definition) is 2. The van der Waals surface area contributed by atoms with E-state index >= 15 is 0 Å². The third kappa shape index (κ3) is 6.57. The maximum absolute atomic E-state index is 13.0. The number of hydrogen-bond acceptors (Lipinski definition) is 4. The molecule has 4 aromatic rings. The molecule has 36 heavy (non-hydrogen) atoms. The molecule has 2 amide bonds. The van der Waals surface area contributed by atoms with Crippen LogP contribution in [0, 0.1) is 0 Å². The Balaban J connectivity index is 1.43. The molecule has 0 aliphatic rings. The Labute approximate surface area is 211 Å². The van der Waals surface area contributed by atoms with Crippen LogP contribution in [0.15, 0.2) is 97.2 Å². The molecule has 0 atom stereocenters. The molecule has 6 nitrogen and oxygen atoms in total. The number of amides is 2. The standard InChI is InChI=1S/C30H29N3O3/c1-36-25-15-13-22(14-16-25)20-29(34)33-21-23-8-2-3-10-26(23)27-11-4-5-12-28(27)30(35)32-19-17-24-9-6-7-18-31-24/h2-16,18H,17,19-21H2,1H3,(H,32,35)(H,33,34). The fourth-order valence-electron chi connectivity index (χ4n) is 3.98. The fourth-order valence-corrected chi connectivity index (χ4v) is 3.98. The lowest BCUT2D eigenvalue weighted by molar-refractivity contribution is -0.120. The first-order chi connectivity index (χ1) is 17.6. The van der Waals surface area contributed by atoms with Gasteiger partial charge in [0.25, 0.3) is 5.91 Å². The smallest absolute Gasteiger partial charge is 0.251 e. The van der Waals surface area contributed by atoms with E-state index in [0.29, 0.717) is 25.1 Å². The Bertz CT molecular complexity index is 1300. The van der Waals surface area contributed by atoms with Crippen molar-refractivity contribution >= 4 is 11.8 Å². The second-order valence-corrected chi connectivity index (χ2v) is 8.33. The van der Waals surface area contributed by atoms with Gasteiger partial charge >= 0.3 is 0 Å². The molecule has 4 rings (SSSR count). The highest BCUT2D eigenvalue weighted by Gasteiger charge is 2.15. The zero-order valence-corrected chi connectivity index (χ0v) is 20.2. The summed E-state index contributed by atoms with van der Waals surface area (Å²) in [6.07, 6.45) is 2.69. The minimum absolute atomic E-state index is 0.0736. The molecule has 0 aliphatic carbocycles. The number of nitrogens with one attached hydrogen (secondary N) is 2. The Morgan fingerprint density at radius 1 is 0.806 bits per heavy atom. The molecule has 0 fully saturated rings. The summed E-state index contributed by atoms with van der Waals surface area (Å²) >= 11 is 0. The Kier molecular flexibility index (Phi) is 8.44. The predicted octanol–water partition coefficient (Wildman–Crippen LogP) is 4.59. The molecular formula is C30H29N3O3. The van der Waals surface area contributed by atoms with Crippen LogP contribution in [0.1, 0.15) is 27.2 Å². The number of pyridine rings is 1. The van der Waals surface area contributed by atoms with Gasteiger partial charge in [0.1, 0.15) is 5.75 Å². The highest BCUT2D eigenvalue weighted by molar-refractivity contribution is 6.01. The van der Waals surface area contributed by atoms with Gasteiger partial charge < -0.3 is 15.4 Å². The number of methoxy groups -OCH3 is 1. The van der Waals surface area contributed by atoms with E-state index in [2.05, 4.69) is 15.6 Å². The topological polar surface area (TPSA) is 80.3 Å². The summed E-state index contributed by atoms with van der Waals surface area (Å²) in [5.74, 6) is 0.544. The van der Waals surface area contributed by atoms with E-state index in [4.69, 9.17) is 4.74 Å². The van der Waals surface area contributed by atoms with Crippen LogP contribution >= 0.6 is 0 Å². The number of nitrogens with zero attached hydrogens (tertiary/aromatic N) is 1.